The zero-order valence-corrected chi connectivity index (χ0v) is 10.8. The zero-order chi connectivity index (χ0) is 13.1. The predicted molar refractivity (Wildman–Crippen MR) is 69.2 cm³/mol. The van der Waals surface area contributed by atoms with Crippen LogP contribution in [0, 0.1) is 6.92 Å². The molecular formula is C13H16N4O. The molecule has 0 saturated carbocycles. The Bertz CT molecular complexity index is 592. The maximum absolute atomic E-state index is 12.0. The molecule has 2 rings (SSSR count). The van der Waals surface area contributed by atoms with Crippen LogP contribution in [0.3, 0.4) is 0 Å². The first-order valence-electron chi connectivity index (χ1n) is 5.86. The minimum Gasteiger partial charge on any atom is -0.289 e. The van der Waals surface area contributed by atoms with Crippen LogP contribution in [-0.4, -0.2) is 25.3 Å². The number of aromatic nitrogens is 4. The van der Waals surface area contributed by atoms with Crippen molar-refractivity contribution >= 4 is 11.9 Å². The monoisotopic (exact) mass is 244 g/mol. The number of carbonyl (C=O) groups excluding carboxylic acids is 1. The molecule has 0 unspecified atom stereocenters. The summed E-state index contributed by atoms with van der Waals surface area (Å²) in [5.41, 5.74) is 2.31. The fourth-order valence-corrected chi connectivity index (χ4v) is 1.84. The van der Waals surface area contributed by atoms with Crippen molar-refractivity contribution in [2.75, 3.05) is 0 Å². The number of allylic oxidation sites excluding steroid dienone is 1. The molecule has 5 heteroatoms. The number of hydrogen-bond donors (Lipinski definition) is 0. The third kappa shape index (κ3) is 2.40. The van der Waals surface area contributed by atoms with Gasteiger partial charge in [-0.15, -0.1) is 0 Å². The zero-order valence-electron chi connectivity index (χ0n) is 10.8. The van der Waals surface area contributed by atoms with E-state index in [1.165, 1.54) is 0 Å². The Morgan fingerprint density at radius 1 is 1.50 bits per heavy atom. The first-order valence-corrected chi connectivity index (χ1v) is 5.86. The third-order valence-electron chi connectivity index (χ3n) is 2.73. The van der Waals surface area contributed by atoms with Gasteiger partial charge in [-0.2, -0.15) is 10.2 Å². The lowest BCUT2D eigenvalue weighted by Gasteiger charge is -1.98. The number of nitrogens with zero attached hydrogens (tertiary/aromatic N) is 4. The van der Waals surface area contributed by atoms with E-state index in [0.29, 0.717) is 5.56 Å². The normalized spacial score (nSPS) is 11.3. The van der Waals surface area contributed by atoms with Gasteiger partial charge in [-0.05, 0) is 32.1 Å². The molecule has 0 atom stereocenters. The fraction of sp³-hybridized carbons (Fsp3) is 0.308. The van der Waals surface area contributed by atoms with Crippen molar-refractivity contribution < 1.29 is 4.79 Å². The molecule has 0 radical (unpaired) electrons. The fourth-order valence-electron chi connectivity index (χ4n) is 1.84. The van der Waals surface area contributed by atoms with Crippen LogP contribution in [0.4, 0.5) is 0 Å². The Hall–Kier alpha value is -2.17. The quantitative estimate of drug-likeness (QED) is 0.609. The van der Waals surface area contributed by atoms with E-state index in [1.807, 2.05) is 24.6 Å². The Morgan fingerprint density at radius 2 is 2.28 bits per heavy atom. The second-order valence-electron chi connectivity index (χ2n) is 4.07. The van der Waals surface area contributed by atoms with Crippen LogP contribution in [0.25, 0.3) is 6.08 Å². The Kier molecular flexibility index (Phi) is 3.41. The van der Waals surface area contributed by atoms with Gasteiger partial charge in [0, 0.05) is 26.0 Å². The van der Waals surface area contributed by atoms with Gasteiger partial charge in [0.2, 0.25) is 0 Å². The van der Waals surface area contributed by atoms with Gasteiger partial charge in [-0.1, -0.05) is 0 Å². The molecule has 0 amide bonds. The highest BCUT2D eigenvalue weighted by molar-refractivity contribution is 6.07. The maximum atomic E-state index is 12.0. The number of ketones is 1. The van der Waals surface area contributed by atoms with E-state index in [0.717, 1.165) is 17.9 Å². The maximum Gasteiger partial charge on any atom is 0.189 e. The van der Waals surface area contributed by atoms with Crippen molar-refractivity contribution in [3.05, 3.63) is 41.5 Å². The molecule has 0 N–H and O–H groups in total. The molecule has 5 nitrogen and oxygen atoms in total. The van der Waals surface area contributed by atoms with Crippen LogP contribution >= 0.6 is 0 Å². The standard InChI is InChI=1S/C13H16N4O/c1-4-17-11(7-8-14-17)5-6-13(18)12-9-16(3)15-10(12)2/h5-9H,4H2,1-3H3/b6-5+. The van der Waals surface area contributed by atoms with E-state index in [9.17, 15) is 4.79 Å². The van der Waals surface area contributed by atoms with E-state index < -0.39 is 0 Å². The van der Waals surface area contributed by atoms with Gasteiger partial charge in [-0.25, -0.2) is 0 Å². The van der Waals surface area contributed by atoms with E-state index in [-0.39, 0.29) is 5.78 Å². The molecule has 2 aromatic rings. The van der Waals surface area contributed by atoms with Crippen LogP contribution in [-0.2, 0) is 13.6 Å². The third-order valence-corrected chi connectivity index (χ3v) is 2.73. The molecule has 0 bridgehead atoms. The average molecular weight is 244 g/mol. The average Bonchev–Trinajstić information content (AvgIpc) is 2.92. The molecule has 0 fully saturated rings. The number of carbonyl (C=O) groups is 1. The Morgan fingerprint density at radius 3 is 2.89 bits per heavy atom. The van der Waals surface area contributed by atoms with Crippen LogP contribution < -0.4 is 0 Å². The lowest BCUT2D eigenvalue weighted by molar-refractivity contribution is 0.104. The second-order valence-corrected chi connectivity index (χ2v) is 4.07. The summed E-state index contributed by atoms with van der Waals surface area (Å²) in [5.74, 6) is -0.0375. The Labute approximate surface area is 106 Å². The van der Waals surface area contributed by atoms with E-state index in [2.05, 4.69) is 10.2 Å². The summed E-state index contributed by atoms with van der Waals surface area (Å²) < 4.78 is 3.48. The molecule has 0 saturated heterocycles. The summed E-state index contributed by atoms with van der Waals surface area (Å²) in [6.07, 6.45) is 6.81. The molecule has 0 aliphatic heterocycles. The molecule has 0 spiro atoms. The molecule has 2 aromatic heterocycles. The van der Waals surface area contributed by atoms with Gasteiger partial charge < -0.3 is 0 Å². The van der Waals surface area contributed by atoms with Gasteiger partial charge in [0.05, 0.1) is 17.0 Å². The first kappa shape index (κ1) is 12.3. The smallest absolute Gasteiger partial charge is 0.189 e. The summed E-state index contributed by atoms with van der Waals surface area (Å²) in [6.45, 7) is 4.63. The van der Waals surface area contributed by atoms with Gasteiger partial charge in [0.25, 0.3) is 0 Å². The van der Waals surface area contributed by atoms with Crippen LogP contribution in [0.5, 0.6) is 0 Å². The molecule has 18 heavy (non-hydrogen) atoms. The summed E-state index contributed by atoms with van der Waals surface area (Å²) in [5, 5.41) is 8.30. The van der Waals surface area contributed by atoms with Crippen molar-refractivity contribution in [3.8, 4) is 0 Å². The van der Waals surface area contributed by atoms with Gasteiger partial charge in [-0.3, -0.25) is 14.2 Å². The minimum atomic E-state index is -0.0375. The van der Waals surface area contributed by atoms with Crippen molar-refractivity contribution in [2.24, 2.45) is 7.05 Å². The largest absolute Gasteiger partial charge is 0.289 e. The minimum absolute atomic E-state index is 0.0375. The van der Waals surface area contributed by atoms with Crippen LogP contribution in [0.2, 0.25) is 0 Å². The van der Waals surface area contributed by atoms with Crippen molar-refractivity contribution in [2.45, 2.75) is 20.4 Å². The molecule has 0 aliphatic carbocycles. The molecule has 94 valence electrons. The van der Waals surface area contributed by atoms with E-state index in [1.54, 1.807) is 36.3 Å². The number of aryl methyl sites for hydroxylation is 3. The summed E-state index contributed by atoms with van der Waals surface area (Å²) >= 11 is 0. The van der Waals surface area contributed by atoms with Gasteiger partial charge in [0.1, 0.15) is 0 Å². The highest BCUT2D eigenvalue weighted by atomic mass is 16.1. The van der Waals surface area contributed by atoms with E-state index in [4.69, 9.17) is 0 Å². The van der Waals surface area contributed by atoms with Crippen LogP contribution in [0.15, 0.2) is 24.5 Å². The lowest BCUT2D eigenvalue weighted by atomic mass is 10.1. The van der Waals surface area contributed by atoms with Crippen molar-refractivity contribution in [3.63, 3.8) is 0 Å². The van der Waals surface area contributed by atoms with E-state index >= 15 is 0 Å². The summed E-state index contributed by atoms with van der Waals surface area (Å²) in [4.78, 5) is 12.0. The second kappa shape index (κ2) is 5.00. The molecular weight excluding hydrogens is 228 g/mol. The van der Waals surface area contributed by atoms with Crippen molar-refractivity contribution in [1.29, 1.82) is 0 Å². The molecule has 0 aliphatic rings. The predicted octanol–water partition coefficient (Wildman–Crippen LogP) is 1.84. The Balaban J connectivity index is 2.19. The topological polar surface area (TPSA) is 52.7 Å². The molecule has 2 heterocycles. The SMILES string of the molecule is CCn1nccc1/C=C/C(=O)c1cn(C)nc1C. The van der Waals surface area contributed by atoms with Crippen LogP contribution in [0.1, 0.15) is 28.7 Å². The highest BCUT2D eigenvalue weighted by Crippen LogP contribution is 2.08. The van der Waals surface area contributed by atoms with Gasteiger partial charge in [0.15, 0.2) is 5.78 Å². The summed E-state index contributed by atoms with van der Waals surface area (Å²) in [6, 6.07) is 1.88. The lowest BCUT2D eigenvalue weighted by Crippen LogP contribution is -1.99. The highest BCUT2D eigenvalue weighted by Gasteiger charge is 2.09. The number of rotatable bonds is 4. The van der Waals surface area contributed by atoms with Crippen molar-refractivity contribution in [1.82, 2.24) is 19.6 Å². The first-order chi connectivity index (χ1) is 8.61. The number of hydrogen-bond acceptors (Lipinski definition) is 3. The van der Waals surface area contributed by atoms with Gasteiger partial charge >= 0.3 is 0 Å². The molecule has 0 aromatic carbocycles. The summed E-state index contributed by atoms with van der Waals surface area (Å²) in [7, 11) is 1.81.